The Morgan fingerprint density at radius 2 is 1.27 bits per heavy atom. The van der Waals surface area contributed by atoms with Gasteiger partial charge in [-0.2, -0.15) is 0 Å². The van der Waals surface area contributed by atoms with E-state index < -0.39 is 0 Å². The van der Waals surface area contributed by atoms with Crippen LogP contribution in [-0.2, 0) is 21.1 Å². The average molecular weight is 325 g/mol. The van der Waals surface area contributed by atoms with Gasteiger partial charge in [0.25, 0.3) is 0 Å². The molecule has 0 fully saturated rings. The SMILES string of the molecule is C1=CCC(C2=CC=CC2)=C1.[Pt]. The summed E-state index contributed by atoms with van der Waals surface area (Å²) in [6.45, 7) is 0. The van der Waals surface area contributed by atoms with Crippen molar-refractivity contribution in [3.63, 3.8) is 0 Å². The Hall–Kier alpha value is -0.352. The molecule has 0 atom stereocenters. The fourth-order valence-electron chi connectivity index (χ4n) is 1.37. The summed E-state index contributed by atoms with van der Waals surface area (Å²) in [6.07, 6.45) is 15.4. The summed E-state index contributed by atoms with van der Waals surface area (Å²) in [4.78, 5) is 0. The van der Waals surface area contributed by atoms with Crippen LogP contribution in [0.25, 0.3) is 0 Å². The zero-order chi connectivity index (χ0) is 6.81. The van der Waals surface area contributed by atoms with Crippen LogP contribution in [0.2, 0.25) is 0 Å². The van der Waals surface area contributed by atoms with Gasteiger partial charge in [0.15, 0.2) is 0 Å². The molecule has 0 spiro atoms. The van der Waals surface area contributed by atoms with Crippen molar-refractivity contribution in [2.24, 2.45) is 0 Å². The van der Waals surface area contributed by atoms with Crippen molar-refractivity contribution in [1.82, 2.24) is 0 Å². The molecule has 0 aliphatic heterocycles. The van der Waals surface area contributed by atoms with E-state index in [-0.39, 0.29) is 21.1 Å². The van der Waals surface area contributed by atoms with Crippen molar-refractivity contribution in [1.29, 1.82) is 0 Å². The number of hydrogen-bond donors (Lipinski definition) is 0. The monoisotopic (exact) mass is 325 g/mol. The molecule has 0 heterocycles. The molecule has 0 aromatic heterocycles. The van der Waals surface area contributed by atoms with Crippen molar-refractivity contribution < 1.29 is 21.1 Å². The van der Waals surface area contributed by atoms with Gasteiger partial charge in [-0.05, 0) is 24.0 Å². The van der Waals surface area contributed by atoms with Crippen LogP contribution >= 0.6 is 0 Å². The van der Waals surface area contributed by atoms with Gasteiger partial charge in [0.1, 0.15) is 0 Å². The molecular formula is C10H10Pt. The van der Waals surface area contributed by atoms with Gasteiger partial charge >= 0.3 is 0 Å². The first-order valence-corrected chi connectivity index (χ1v) is 3.68. The summed E-state index contributed by atoms with van der Waals surface area (Å²) in [6, 6.07) is 0. The molecule has 1 heteroatoms. The van der Waals surface area contributed by atoms with E-state index in [4.69, 9.17) is 0 Å². The summed E-state index contributed by atoms with van der Waals surface area (Å²) in [5, 5.41) is 0. The molecule has 0 aromatic carbocycles. The summed E-state index contributed by atoms with van der Waals surface area (Å²) >= 11 is 0. The predicted octanol–water partition coefficient (Wildman–Crippen LogP) is 2.76. The first-order chi connectivity index (χ1) is 4.97. The second-order valence-electron chi connectivity index (χ2n) is 2.65. The number of allylic oxidation sites excluding steroid dienone is 8. The third kappa shape index (κ3) is 1.81. The van der Waals surface area contributed by atoms with Gasteiger partial charge in [-0.1, -0.05) is 36.5 Å². The van der Waals surface area contributed by atoms with Crippen LogP contribution in [0.3, 0.4) is 0 Å². The predicted molar refractivity (Wildman–Crippen MR) is 43.7 cm³/mol. The molecule has 11 heavy (non-hydrogen) atoms. The van der Waals surface area contributed by atoms with Crippen molar-refractivity contribution in [3.8, 4) is 0 Å². The molecule has 2 rings (SSSR count). The summed E-state index contributed by atoms with van der Waals surface area (Å²) in [5.74, 6) is 0. The molecule has 0 radical (unpaired) electrons. The number of hydrogen-bond acceptors (Lipinski definition) is 0. The van der Waals surface area contributed by atoms with Crippen LogP contribution in [0.5, 0.6) is 0 Å². The minimum absolute atomic E-state index is 0. The van der Waals surface area contributed by atoms with Crippen LogP contribution in [0, 0.1) is 0 Å². The van der Waals surface area contributed by atoms with Crippen LogP contribution in [0.4, 0.5) is 0 Å². The molecule has 0 unspecified atom stereocenters. The molecule has 0 bridgehead atoms. The third-order valence-corrected chi connectivity index (χ3v) is 1.95. The van der Waals surface area contributed by atoms with E-state index in [1.807, 2.05) is 0 Å². The van der Waals surface area contributed by atoms with Crippen LogP contribution < -0.4 is 0 Å². The zero-order valence-electron chi connectivity index (χ0n) is 6.19. The van der Waals surface area contributed by atoms with E-state index in [0.29, 0.717) is 0 Å². The molecule has 2 aliphatic rings. The van der Waals surface area contributed by atoms with E-state index in [1.165, 1.54) is 11.1 Å². The topological polar surface area (TPSA) is 0 Å². The number of rotatable bonds is 1. The molecule has 60 valence electrons. The van der Waals surface area contributed by atoms with Crippen molar-refractivity contribution in [2.75, 3.05) is 0 Å². The second kappa shape index (κ2) is 3.87. The van der Waals surface area contributed by atoms with E-state index >= 15 is 0 Å². The first-order valence-electron chi connectivity index (χ1n) is 3.68. The maximum atomic E-state index is 2.21. The Morgan fingerprint density at radius 3 is 1.55 bits per heavy atom. The van der Waals surface area contributed by atoms with Gasteiger partial charge in [-0.25, -0.2) is 0 Å². The standard InChI is InChI=1S/C10H10.Pt/c1-2-6-9(5-1)10-7-3-4-8-10;/h1-5,7H,6,8H2;. The minimum Gasteiger partial charge on any atom is -0.0801 e. The fourth-order valence-corrected chi connectivity index (χ4v) is 1.37. The van der Waals surface area contributed by atoms with E-state index in [1.54, 1.807) is 0 Å². The summed E-state index contributed by atoms with van der Waals surface area (Å²) in [7, 11) is 0. The van der Waals surface area contributed by atoms with E-state index in [9.17, 15) is 0 Å². The summed E-state index contributed by atoms with van der Waals surface area (Å²) in [5.41, 5.74) is 2.98. The normalized spacial score (nSPS) is 19.6. The molecular weight excluding hydrogens is 315 g/mol. The second-order valence-corrected chi connectivity index (χ2v) is 2.65. The van der Waals surface area contributed by atoms with Gasteiger partial charge in [-0.3, -0.25) is 0 Å². The van der Waals surface area contributed by atoms with Crippen molar-refractivity contribution in [2.45, 2.75) is 12.8 Å². The van der Waals surface area contributed by atoms with Crippen LogP contribution in [0.1, 0.15) is 12.8 Å². The van der Waals surface area contributed by atoms with Gasteiger partial charge in [0, 0.05) is 21.1 Å². The van der Waals surface area contributed by atoms with Gasteiger partial charge in [-0.15, -0.1) is 0 Å². The maximum absolute atomic E-state index is 2.21. The zero-order valence-corrected chi connectivity index (χ0v) is 8.47. The van der Waals surface area contributed by atoms with Gasteiger partial charge in [0.05, 0.1) is 0 Å². The Balaban J connectivity index is 0.000000605. The van der Waals surface area contributed by atoms with Crippen molar-refractivity contribution >= 4 is 0 Å². The third-order valence-electron chi connectivity index (χ3n) is 1.95. The molecule has 2 aliphatic carbocycles. The molecule has 0 N–H and O–H groups in total. The molecule has 0 aromatic rings. The van der Waals surface area contributed by atoms with Crippen LogP contribution in [-0.4, -0.2) is 0 Å². The average Bonchev–Trinajstić information content (AvgIpc) is 2.59. The minimum atomic E-state index is 0. The Kier molecular flexibility index (Phi) is 3.08. The van der Waals surface area contributed by atoms with Crippen molar-refractivity contribution in [3.05, 3.63) is 47.6 Å². The molecule has 0 amide bonds. The maximum Gasteiger partial charge on any atom is 0 e. The molecule has 0 saturated heterocycles. The molecule has 0 nitrogen and oxygen atoms in total. The smallest absolute Gasteiger partial charge is 0 e. The Bertz CT molecular complexity index is 226. The van der Waals surface area contributed by atoms with Gasteiger partial charge in [0.2, 0.25) is 0 Å². The largest absolute Gasteiger partial charge is 0.0801 e. The molecule has 0 saturated carbocycles. The van der Waals surface area contributed by atoms with E-state index in [0.717, 1.165) is 12.8 Å². The fraction of sp³-hybridized carbons (Fsp3) is 0.200. The van der Waals surface area contributed by atoms with Gasteiger partial charge < -0.3 is 0 Å². The van der Waals surface area contributed by atoms with Crippen LogP contribution in [0.15, 0.2) is 47.6 Å². The first kappa shape index (κ1) is 8.74. The quantitative estimate of drug-likeness (QED) is 0.695. The van der Waals surface area contributed by atoms with E-state index in [2.05, 4.69) is 36.5 Å². The summed E-state index contributed by atoms with van der Waals surface area (Å²) < 4.78 is 0. The Labute approximate surface area is 81.6 Å². The Morgan fingerprint density at radius 1 is 0.818 bits per heavy atom.